The van der Waals surface area contributed by atoms with Crippen molar-refractivity contribution in [3.63, 3.8) is 0 Å². The van der Waals surface area contributed by atoms with Gasteiger partial charge >= 0.3 is 0 Å². The maximum absolute atomic E-state index is 5.82. The van der Waals surface area contributed by atoms with Crippen molar-refractivity contribution in [2.24, 2.45) is 0 Å². The van der Waals surface area contributed by atoms with Crippen molar-refractivity contribution < 1.29 is 9.47 Å². The molecule has 0 bridgehead atoms. The van der Waals surface area contributed by atoms with Crippen LogP contribution in [-0.4, -0.2) is 62.0 Å². The lowest BCUT2D eigenvalue weighted by Gasteiger charge is -2.49. The molecule has 110 valence electrons. The minimum Gasteiger partial charge on any atom is -0.376 e. The van der Waals surface area contributed by atoms with E-state index in [0.717, 1.165) is 32.9 Å². The topological polar surface area (TPSA) is 33.7 Å². The molecule has 2 heterocycles. The summed E-state index contributed by atoms with van der Waals surface area (Å²) in [5.41, 5.74) is 0.389. The summed E-state index contributed by atoms with van der Waals surface area (Å²) in [7, 11) is 0. The maximum atomic E-state index is 5.82. The quantitative estimate of drug-likeness (QED) is 0.821. The molecule has 0 aromatic rings. The summed E-state index contributed by atoms with van der Waals surface area (Å²) >= 11 is 0. The van der Waals surface area contributed by atoms with Crippen molar-refractivity contribution in [2.75, 3.05) is 39.5 Å². The largest absolute Gasteiger partial charge is 0.376 e. The first-order chi connectivity index (χ1) is 9.27. The Balaban J connectivity index is 1.58. The van der Waals surface area contributed by atoms with E-state index in [1.54, 1.807) is 0 Å². The molecule has 0 aromatic carbocycles. The van der Waals surface area contributed by atoms with E-state index in [4.69, 9.17) is 9.47 Å². The van der Waals surface area contributed by atoms with Gasteiger partial charge in [-0.05, 0) is 19.8 Å². The third kappa shape index (κ3) is 3.30. The first-order valence-corrected chi connectivity index (χ1v) is 7.96. The van der Waals surface area contributed by atoms with E-state index in [1.807, 2.05) is 0 Å². The van der Waals surface area contributed by atoms with Crippen LogP contribution in [0.1, 0.15) is 39.0 Å². The Hall–Kier alpha value is -0.160. The van der Waals surface area contributed by atoms with Crippen molar-refractivity contribution in [3.05, 3.63) is 0 Å². The molecule has 3 fully saturated rings. The summed E-state index contributed by atoms with van der Waals surface area (Å²) in [5, 5.41) is 3.84. The Labute approximate surface area is 116 Å². The molecule has 2 unspecified atom stereocenters. The van der Waals surface area contributed by atoms with Crippen LogP contribution in [0.25, 0.3) is 0 Å². The number of hydrogen-bond donors (Lipinski definition) is 1. The van der Waals surface area contributed by atoms with Crippen LogP contribution in [0.2, 0.25) is 0 Å². The smallest absolute Gasteiger partial charge is 0.0936 e. The third-order valence-corrected chi connectivity index (χ3v) is 5.04. The molecule has 2 aliphatic heterocycles. The molecule has 3 rings (SSSR count). The predicted molar refractivity (Wildman–Crippen MR) is 75.4 cm³/mol. The van der Waals surface area contributed by atoms with Crippen molar-refractivity contribution in [3.8, 4) is 0 Å². The Morgan fingerprint density at radius 3 is 2.79 bits per heavy atom. The third-order valence-electron chi connectivity index (χ3n) is 5.04. The summed E-state index contributed by atoms with van der Waals surface area (Å²) in [6.45, 7) is 7.95. The van der Waals surface area contributed by atoms with Gasteiger partial charge in [0, 0.05) is 31.2 Å². The van der Waals surface area contributed by atoms with E-state index in [9.17, 15) is 0 Å². The van der Waals surface area contributed by atoms with Crippen molar-refractivity contribution >= 4 is 0 Å². The van der Waals surface area contributed by atoms with E-state index < -0.39 is 0 Å². The number of rotatable bonds is 2. The molecule has 1 aliphatic carbocycles. The molecule has 0 amide bonds. The summed E-state index contributed by atoms with van der Waals surface area (Å²) in [6.07, 6.45) is 7.15. The van der Waals surface area contributed by atoms with Crippen molar-refractivity contribution in [1.29, 1.82) is 0 Å². The molecule has 2 saturated heterocycles. The second-order valence-electron chi connectivity index (χ2n) is 6.57. The van der Waals surface area contributed by atoms with Crippen LogP contribution >= 0.6 is 0 Å². The van der Waals surface area contributed by atoms with Gasteiger partial charge in [-0.3, -0.25) is 4.90 Å². The maximum Gasteiger partial charge on any atom is 0.0936 e. The molecule has 19 heavy (non-hydrogen) atoms. The lowest BCUT2D eigenvalue weighted by Crippen LogP contribution is -2.65. The minimum absolute atomic E-state index is 0.273. The van der Waals surface area contributed by atoms with Gasteiger partial charge in [0.1, 0.15) is 0 Å². The molecular formula is C15H28N2O2. The molecule has 1 spiro atoms. The fraction of sp³-hybridized carbons (Fsp3) is 1.00. The van der Waals surface area contributed by atoms with Crippen LogP contribution in [0.5, 0.6) is 0 Å². The van der Waals surface area contributed by atoms with Gasteiger partial charge in [-0.25, -0.2) is 0 Å². The molecule has 0 aromatic heterocycles. The molecule has 3 aliphatic rings. The van der Waals surface area contributed by atoms with Gasteiger partial charge in [-0.1, -0.05) is 19.3 Å². The Morgan fingerprint density at radius 2 is 2.05 bits per heavy atom. The van der Waals surface area contributed by atoms with E-state index in [0.29, 0.717) is 11.6 Å². The summed E-state index contributed by atoms with van der Waals surface area (Å²) in [5.74, 6) is 0. The summed E-state index contributed by atoms with van der Waals surface area (Å²) < 4.78 is 11.3. The van der Waals surface area contributed by atoms with Gasteiger partial charge in [0.25, 0.3) is 0 Å². The lowest BCUT2D eigenvalue weighted by atomic mass is 9.79. The number of nitrogens with one attached hydrogen (secondary N) is 1. The lowest BCUT2D eigenvalue weighted by molar-refractivity contribution is -0.105. The van der Waals surface area contributed by atoms with Crippen LogP contribution in [-0.2, 0) is 9.47 Å². The average Bonchev–Trinajstić information content (AvgIpc) is 2.45. The zero-order valence-corrected chi connectivity index (χ0v) is 12.2. The molecule has 0 radical (unpaired) electrons. The Kier molecular flexibility index (Phi) is 4.42. The molecule has 4 nitrogen and oxygen atoms in total. The van der Waals surface area contributed by atoms with Crippen LogP contribution in [0, 0.1) is 0 Å². The highest BCUT2D eigenvalue weighted by atomic mass is 16.6. The van der Waals surface area contributed by atoms with Crippen LogP contribution < -0.4 is 5.32 Å². The second kappa shape index (κ2) is 6.08. The molecule has 1 N–H and O–H groups in total. The normalized spacial score (nSPS) is 36.5. The van der Waals surface area contributed by atoms with Gasteiger partial charge in [0.15, 0.2) is 0 Å². The molecule has 1 saturated carbocycles. The molecule has 2 atom stereocenters. The molecular weight excluding hydrogens is 240 g/mol. The number of ether oxygens (including phenoxy) is 2. The van der Waals surface area contributed by atoms with Gasteiger partial charge in [-0.15, -0.1) is 0 Å². The number of piperazine rings is 1. The Morgan fingerprint density at radius 1 is 1.21 bits per heavy atom. The zero-order chi connectivity index (χ0) is 13.1. The van der Waals surface area contributed by atoms with Crippen LogP contribution in [0.15, 0.2) is 0 Å². The monoisotopic (exact) mass is 268 g/mol. The fourth-order valence-electron chi connectivity index (χ4n) is 3.81. The van der Waals surface area contributed by atoms with E-state index in [-0.39, 0.29) is 6.10 Å². The predicted octanol–water partition coefficient (Wildman–Crippen LogP) is 1.40. The highest BCUT2D eigenvalue weighted by Gasteiger charge is 2.39. The average molecular weight is 268 g/mol. The summed E-state index contributed by atoms with van der Waals surface area (Å²) in [4.78, 5) is 2.63. The fourth-order valence-corrected chi connectivity index (χ4v) is 3.81. The summed E-state index contributed by atoms with van der Waals surface area (Å²) in [6, 6.07) is 0.609. The standard InChI is InChI=1S/C15H28N2O2/c1-13-9-16-15(5-3-2-4-6-15)12-17(13)10-14-11-18-7-8-19-14/h13-14,16H,2-12H2,1H3. The first kappa shape index (κ1) is 13.8. The van der Waals surface area contributed by atoms with E-state index >= 15 is 0 Å². The van der Waals surface area contributed by atoms with E-state index in [1.165, 1.54) is 38.6 Å². The van der Waals surface area contributed by atoms with Crippen molar-refractivity contribution in [1.82, 2.24) is 10.2 Å². The second-order valence-corrected chi connectivity index (χ2v) is 6.57. The van der Waals surface area contributed by atoms with Crippen molar-refractivity contribution in [2.45, 2.75) is 56.7 Å². The van der Waals surface area contributed by atoms with Gasteiger partial charge in [0.2, 0.25) is 0 Å². The SMILES string of the molecule is CC1CNC2(CCCCC2)CN1CC1COCCO1. The van der Waals surface area contributed by atoms with Crippen LogP contribution in [0.4, 0.5) is 0 Å². The van der Waals surface area contributed by atoms with Crippen LogP contribution in [0.3, 0.4) is 0 Å². The first-order valence-electron chi connectivity index (χ1n) is 7.96. The van der Waals surface area contributed by atoms with Gasteiger partial charge in [0.05, 0.1) is 25.9 Å². The number of nitrogens with zero attached hydrogens (tertiary/aromatic N) is 1. The minimum atomic E-state index is 0.273. The highest BCUT2D eigenvalue weighted by Crippen LogP contribution is 2.31. The van der Waals surface area contributed by atoms with Gasteiger partial charge < -0.3 is 14.8 Å². The zero-order valence-electron chi connectivity index (χ0n) is 12.2. The molecule has 4 heteroatoms. The highest BCUT2D eigenvalue weighted by molar-refractivity contribution is 4.99. The van der Waals surface area contributed by atoms with Gasteiger partial charge in [-0.2, -0.15) is 0 Å². The number of hydrogen-bond acceptors (Lipinski definition) is 4. The van der Waals surface area contributed by atoms with E-state index in [2.05, 4.69) is 17.1 Å². The Bertz CT molecular complexity index is 286.